The summed E-state index contributed by atoms with van der Waals surface area (Å²) >= 11 is 0. The van der Waals surface area contributed by atoms with Gasteiger partial charge in [-0.25, -0.2) is 4.39 Å². The summed E-state index contributed by atoms with van der Waals surface area (Å²) in [5, 5.41) is 3.07. The number of amides is 1. The molecule has 3 aromatic carbocycles. The Kier molecular flexibility index (Phi) is 6.14. The molecular formula is C28H30FN3O2. The molecule has 6 heteroatoms. The first-order valence-electron chi connectivity index (χ1n) is 11.8. The van der Waals surface area contributed by atoms with Crippen molar-refractivity contribution in [1.29, 1.82) is 0 Å². The summed E-state index contributed by atoms with van der Waals surface area (Å²) in [5.74, 6) is 0.334. The molecule has 1 saturated heterocycles. The summed E-state index contributed by atoms with van der Waals surface area (Å²) in [6, 6.07) is 21.1. The van der Waals surface area contributed by atoms with Crippen LogP contribution in [0.2, 0.25) is 0 Å². The van der Waals surface area contributed by atoms with E-state index in [9.17, 15) is 9.18 Å². The second-order valence-electron chi connectivity index (χ2n) is 9.20. The van der Waals surface area contributed by atoms with Crippen LogP contribution in [0.1, 0.15) is 16.7 Å². The minimum atomic E-state index is -0.292. The molecule has 2 aliphatic rings. The van der Waals surface area contributed by atoms with Crippen molar-refractivity contribution in [2.24, 2.45) is 5.92 Å². The van der Waals surface area contributed by atoms with E-state index < -0.39 is 0 Å². The number of ether oxygens (including phenoxy) is 1. The van der Waals surface area contributed by atoms with E-state index in [0.29, 0.717) is 13.0 Å². The van der Waals surface area contributed by atoms with E-state index in [1.807, 2.05) is 12.1 Å². The molecule has 1 amide bonds. The predicted molar refractivity (Wildman–Crippen MR) is 133 cm³/mol. The van der Waals surface area contributed by atoms with Crippen molar-refractivity contribution in [3.63, 3.8) is 0 Å². The average Bonchev–Trinajstić information content (AvgIpc) is 2.86. The zero-order valence-corrected chi connectivity index (χ0v) is 19.6. The average molecular weight is 460 g/mol. The van der Waals surface area contributed by atoms with Gasteiger partial charge < -0.3 is 19.9 Å². The van der Waals surface area contributed by atoms with E-state index in [-0.39, 0.29) is 23.7 Å². The Morgan fingerprint density at radius 2 is 1.91 bits per heavy atom. The van der Waals surface area contributed by atoms with Crippen molar-refractivity contribution in [3.05, 3.63) is 89.2 Å². The smallest absolute Gasteiger partial charge is 0.225 e. The molecule has 2 atom stereocenters. The van der Waals surface area contributed by atoms with E-state index in [1.165, 1.54) is 23.4 Å². The summed E-state index contributed by atoms with van der Waals surface area (Å²) in [5.41, 5.74) is 5.49. The third-order valence-electron chi connectivity index (χ3n) is 7.02. The molecule has 176 valence electrons. The first-order valence-corrected chi connectivity index (χ1v) is 11.8. The van der Waals surface area contributed by atoms with Gasteiger partial charge >= 0.3 is 0 Å². The van der Waals surface area contributed by atoms with Crippen LogP contribution in [-0.2, 0) is 17.8 Å². The fraction of sp³-hybridized carbons (Fsp3) is 0.321. The highest BCUT2D eigenvalue weighted by Gasteiger charge is 2.41. The predicted octanol–water partition coefficient (Wildman–Crippen LogP) is 4.33. The summed E-state index contributed by atoms with van der Waals surface area (Å²) in [6.45, 7) is 4.88. The molecule has 5 rings (SSSR count). The second-order valence-corrected chi connectivity index (χ2v) is 9.20. The van der Waals surface area contributed by atoms with Crippen LogP contribution >= 0.6 is 0 Å². The number of fused-ring (bicyclic) bond motifs is 3. The zero-order valence-electron chi connectivity index (χ0n) is 19.6. The fourth-order valence-corrected chi connectivity index (χ4v) is 5.16. The molecule has 3 aromatic rings. The number of benzene rings is 3. The van der Waals surface area contributed by atoms with E-state index in [2.05, 4.69) is 58.4 Å². The lowest BCUT2D eigenvalue weighted by molar-refractivity contribution is -0.126. The molecule has 0 radical (unpaired) electrons. The molecule has 0 saturated carbocycles. The van der Waals surface area contributed by atoms with Gasteiger partial charge in [0, 0.05) is 43.6 Å². The minimum absolute atomic E-state index is 0.00601. The van der Waals surface area contributed by atoms with Crippen molar-refractivity contribution in [2.75, 3.05) is 36.5 Å². The van der Waals surface area contributed by atoms with Crippen LogP contribution in [0.5, 0.6) is 5.75 Å². The van der Waals surface area contributed by atoms with Gasteiger partial charge in [-0.1, -0.05) is 35.9 Å². The maximum atomic E-state index is 13.6. The lowest BCUT2D eigenvalue weighted by Crippen LogP contribution is -2.61. The van der Waals surface area contributed by atoms with Crippen LogP contribution in [0.4, 0.5) is 15.8 Å². The highest BCUT2D eigenvalue weighted by molar-refractivity contribution is 5.82. The SMILES string of the molecule is COc1ccc2c(c1)N1CCN(c3ccc(C)cc3)C[C@H]1[C@@H](C(=O)NCc1cccc(F)c1)C2. The van der Waals surface area contributed by atoms with Crippen molar-refractivity contribution in [2.45, 2.75) is 25.9 Å². The van der Waals surface area contributed by atoms with Crippen LogP contribution in [0.3, 0.4) is 0 Å². The summed E-state index contributed by atoms with van der Waals surface area (Å²) in [4.78, 5) is 18.2. The molecule has 34 heavy (non-hydrogen) atoms. The highest BCUT2D eigenvalue weighted by Crippen LogP contribution is 2.39. The van der Waals surface area contributed by atoms with Gasteiger partial charge in [0.2, 0.25) is 5.91 Å². The standard InChI is InChI=1S/C28H30FN3O2/c1-19-6-9-23(10-7-19)31-12-13-32-26-16-24(34-2)11-8-21(26)15-25(27(32)18-31)28(33)30-17-20-4-3-5-22(29)14-20/h3-11,14,16,25,27H,12-13,15,17-18H2,1-2H3,(H,30,33)/t25-,27-/m0/s1. The topological polar surface area (TPSA) is 44.8 Å². The number of carbonyl (C=O) groups excluding carboxylic acids is 1. The third-order valence-corrected chi connectivity index (χ3v) is 7.02. The molecular weight excluding hydrogens is 429 g/mol. The summed E-state index contributed by atoms with van der Waals surface area (Å²) < 4.78 is 19.1. The van der Waals surface area contributed by atoms with Gasteiger partial charge in [0.25, 0.3) is 0 Å². The number of hydrogen-bond donors (Lipinski definition) is 1. The van der Waals surface area contributed by atoms with Gasteiger partial charge in [-0.3, -0.25) is 4.79 Å². The van der Waals surface area contributed by atoms with Crippen molar-refractivity contribution in [3.8, 4) is 5.75 Å². The van der Waals surface area contributed by atoms with Gasteiger partial charge in [-0.05, 0) is 54.8 Å². The lowest BCUT2D eigenvalue weighted by Gasteiger charge is -2.49. The molecule has 1 fully saturated rings. The number of nitrogens with one attached hydrogen (secondary N) is 1. The van der Waals surface area contributed by atoms with Crippen LogP contribution in [0.15, 0.2) is 66.7 Å². The Balaban J connectivity index is 1.41. The van der Waals surface area contributed by atoms with E-state index in [4.69, 9.17) is 4.74 Å². The maximum absolute atomic E-state index is 13.6. The number of piperazine rings is 1. The molecule has 1 N–H and O–H groups in total. The Morgan fingerprint density at radius 3 is 2.68 bits per heavy atom. The van der Waals surface area contributed by atoms with E-state index in [0.717, 1.165) is 42.2 Å². The molecule has 2 aliphatic heterocycles. The van der Waals surface area contributed by atoms with Gasteiger partial charge in [-0.15, -0.1) is 0 Å². The summed E-state index contributed by atoms with van der Waals surface area (Å²) in [6.07, 6.45) is 0.664. The first kappa shape index (κ1) is 22.3. The van der Waals surface area contributed by atoms with E-state index >= 15 is 0 Å². The van der Waals surface area contributed by atoms with Crippen molar-refractivity contribution in [1.82, 2.24) is 5.32 Å². The minimum Gasteiger partial charge on any atom is -0.497 e. The molecule has 0 aliphatic carbocycles. The Hall–Kier alpha value is -3.54. The van der Waals surface area contributed by atoms with E-state index in [1.54, 1.807) is 13.2 Å². The van der Waals surface area contributed by atoms with Gasteiger partial charge in [0.05, 0.1) is 19.1 Å². The number of carbonyl (C=O) groups is 1. The number of halogens is 1. The van der Waals surface area contributed by atoms with Gasteiger partial charge in [0.1, 0.15) is 11.6 Å². The molecule has 0 aromatic heterocycles. The third kappa shape index (κ3) is 4.45. The summed E-state index contributed by atoms with van der Waals surface area (Å²) in [7, 11) is 1.68. The number of rotatable bonds is 5. The normalized spacial score (nSPS) is 19.3. The van der Waals surface area contributed by atoms with Crippen LogP contribution in [-0.4, -0.2) is 38.7 Å². The molecule has 0 unspecified atom stereocenters. The second kappa shape index (κ2) is 9.37. The van der Waals surface area contributed by atoms with Crippen molar-refractivity contribution < 1.29 is 13.9 Å². The first-order chi connectivity index (χ1) is 16.5. The Bertz CT molecular complexity index is 1180. The lowest BCUT2D eigenvalue weighted by atomic mass is 9.83. The molecule has 2 heterocycles. The molecule has 0 bridgehead atoms. The Morgan fingerprint density at radius 1 is 1.09 bits per heavy atom. The zero-order chi connectivity index (χ0) is 23.7. The number of methoxy groups -OCH3 is 1. The maximum Gasteiger partial charge on any atom is 0.225 e. The quantitative estimate of drug-likeness (QED) is 0.617. The van der Waals surface area contributed by atoms with Gasteiger partial charge in [-0.2, -0.15) is 0 Å². The van der Waals surface area contributed by atoms with Gasteiger partial charge in [0.15, 0.2) is 0 Å². The number of aryl methyl sites for hydroxylation is 1. The van der Waals surface area contributed by atoms with Crippen LogP contribution < -0.4 is 19.9 Å². The number of nitrogens with zero attached hydrogens (tertiary/aromatic N) is 2. The largest absolute Gasteiger partial charge is 0.497 e. The number of anilines is 2. The van der Waals surface area contributed by atoms with Crippen molar-refractivity contribution >= 4 is 17.3 Å². The van der Waals surface area contributed by atoms with Crippen LogP contribution in [0, 0.1) is 18.7 Å². The molecule has 0 spiro atoms. The highest BCUT2D eigenvalue weighted by atomic mass is 19.1. The van der Waals surface area contributed by atoms with Crippen LogP contribution in [0.25, 0.3) is 0 Å². The monoisotopic (exact) mass is 459 g/mol. The Labute approximate surface area is 200 Å². The number of hydrogen-bond acceptors (Lipinski definition) is 4. The fourth-order valence-electron chi connectivity index (χ4n) is 5.16. The molecule has 5 nitrogen and oxygen atoms in total.